The fourth-order valence-electron chi connectivity index (χ4n) is 1.47. The van der Waals surface area contributed by atoms with Gasteiger partial charge in [-0.1, -0.05) is 43.3 Å². The molecular formula is C14H18O2. The molecule has 2 heteroatoms. The van der Waals surface area contributed by atoms with Crippen LogP contribution in [0.3, 0.4) is 0 Å². The number of hydrogen-bond donors (Lipinski definition) is 0. The summed E-state index contributed by atoms with van der Waals surface area (Å²) in [5.41, 5.74) is 1.93. The van der Waals surface area contributed by atoms with Gasteiger partial charge in [0.05, 0.1) is 6.61 Å². The first kappa shape index (κ1) is 12.5. The molecule has 0 heterocycles. The molecule has 16 heavy (non-hydrogen) atoms. The molecule has 0 aliphatic carbocycles. The lowest BCUT2D eigenvalue weighted by molar-refractivity contribution is -0.139. The highest BCUT2D eigenvalue weighted by molar-refractivity contribution is 5.88. The molecule has 0 bridgehead atoms. The molecule has 2 nitrogen and oxygen atoms in total. The minimum absolute atomic E-state index is 0.194. The van der Waals surface area contributed by atoms with E-state index in [1.54, 1.807) is 0 Å². The standard InChI is InChI=1S/C14H18O2/c1-3-13(4-2)14(15)16-11-10-12-8-6-5-7-9-12/h3,5-9H,4,10-11H2,1-2H3/b13-3+. The van der Waals surface area contributed by atoms with Crippen LogP contribution in [0.15, 0.2) is 42.0 Å². The first-order chi connectivity index (χ1) is 7.77. The van der Waals surface area contributed by atoms with Gasteiger partial charge in [0, 0.05) is 12.0 Å². The Morgan fingerprint density at radius 3 is 2.56 bits per heavy atom. The largest absolute Gasteiger partial charge is 0.462 e. The number of benzene rings is 1. The van der Waals surface area contributed by atoms with E-state index in [-0.39, 0.29) is 5.97 Å². The van der Waals surface area contributed by atoms with Crippen molar-refractivity contribution in [2.75, 3.05) is 6.61 Å². The van der Waals surface area contributed by atoms with Crippen LogP contribution in [0, 0.1) is 0 Å². The summed E-state index contributed by atoms with van der Waals surface area (Å²) in [4.78, 5) is 11.5. The molecule has 0 unspecified atom stereocenters. The lowest BCUT2D eigenvalue weighted by atomic mass is 10.2. The first-order valence-corrected chi connectivity index (χ1v) is 5.64. The van der Waals surface area contributed by atoms with E-state index in [4.69, 9.17) is 4.74 Å². The summed E-state index contributed by atoms with van der Waals surface area (Å²) in [6.07, 6.45) is 3.30. The number of carbonyl (C=O) groups excluding carboxylic acids is 1. The van der Waals surface area contributed by atoms with Gasteiger partial charge in [0.15, 0.2) is 0 Å². The van der Waals surface area contributed by atoms with Crippen LogP contribution in [0.25, 0.3) is 0 Å². The van der Waals surface area contributed by atoms with Crippen LogP contribution >= 0.6 is 0 Å². The van der Waals surface area contributed by atoms with E-state index in [1.807, 2.05) is 50.3 Å². The average molecular weight is 218 g/mol. The Labute approximate surface area is 96.9 Å². The van der Waals surface area contributed by atoms with Crippen molar-refractivity contribution in [3.8, 4) is 0 Å². The molecule has 0 radical (unpaired) electrons. The van der Waals surface area contributed by atoms with E-state index in [1.165, 1.54) is 5.56 Å². The molecule has 1 aromatic rings. The van der Waals surface area contributed by atoms with Crippen LogP contribution < -0.4 is 0 Å². The molecule has 0 saturated heterocycles. The van der Waals surface area contributed by atoms with E-state index in [9.17, 15) is 4.79 Å². The van der Waals surface area contributed by atoms with Crippen LogP contribution in [-0.4, -0.2) is 12.6 Å². The molecular weight excluding hydrogens is 200 g/mol. The summed E-state index contributed by atoms with van der Waals surface area (Å²) in [5.74, 6) is -0.194. The van der Waals surface area contributed by atoms with Gasteiger partial charge in [-0.2, -0.15) is 0 Å². The second-order valence-corrected chi connectivity index (χ2v) is 3.54. The molecule has 0 atom stereocenters. The lowest BCUT2D eigenvalue weighted by Crippen LogP contribution is -2.09. The molecule has 0 fully saturated rings. The Hall–Kier alpha value is -1.57. The van der Waals surface area contributed by atoms with Crippen LogP contribution in [0.4, 0.5) is 0 Å². The smallest absolute Gasteiger partial charge is 0.333 e. The number of hydrogen-bond acceptors (Lipinski definition) is 2. The Kier molecular flexibility index (Phi) is 5.34. The third-order valence-corrected chi connectivity index (χ3v) is 2.46. The fraction of sp³-hybridized carbons (Fsp3) is 0.357. The van der Waals surface area contributed by atoms with Gasteiger partial charge < -0.3 is 4.74 Å². The molecule has 86 valence electrons. The molecule has 1 aromatic carbocycles. The Morgan fingerprint density at radius 1 is 1.31 bits per heavy atom. The summed E-state index contributed by atoms with van der Waals surface area (Å²) < 4.78 is 5.18. The SMILES string of the molecule is C/C=C(\CC)C(=O)OCCc1ccccc1. The second kappa shape index (κ2) is 6.83. The minimum Gasteiger partial charge on any atom is -0.462 e. The topological polar surface area (TPSA) is 26.3 Å². The molecule has 0 aromatic heterocycles. The highest BCUT2D eigenvalue weighted by Crippen LogP contribution is 2.05. The van der Waals surface area contributed by atoms with Crippen LogP contribution in [0.2, 0.25) is 0 Å². The first-order valence-electron chi connectivity index (χ1n) is 5.64. The summed E-state index contributed by atoms with van der Waals surface area (Å²) in [6, 6.07) is 10.0. The van der Waals surface area contributed by atoms with Crippen molar-refractivity contribution in [3.05, 3.63) is 47.5 Å². The maximum atomic E-state index is 11.5. The van der Waals surface area contributed by atoms with Crippen molar-refractivity contribution >= 4 is 5.97 Å². The molecule has 0 amide bonds. The highest BCUT2D eigenvalue weighted by Gasteiger charge is 2.06. The average Bonchev–Trinajstić information content (AvgIpc) is 2.32. The molecule has 0 aliphatic rings. The number of ether oxygens (including phenoxy) is 1. The molecule has 0 spiro atoms. The monoisotopic (exact) mass is 218 g/mol. The second-order valence-electron chi connectivity index (χ2n) is 3.54. The molecule has 0 saturated carbocycles. The zero-order valence-electron chi connectivity index (χ0n) is 9.90. The van der Waals surface area contributed by atoms with Gasteiger partial charge >= 0.3 is 5.97 Å². The maximum Gasteiger partial charge on any atom is 0.333 e. The summed E-state index contributed by atoms with van der Waals surface area (Å²) in [6.45, 7) is 4.26. The Morgan fingerprint density at radius 2 is 2.00 bits per heavy atom. The van der Waals surface area contributed by atoms with E-state index in [0.29, 0.717) is 6.61 Å². The van der Waals surface area contributed by atoms with Gasteiger partial charge in [-0.15, -0.1) is 0 Å². The van der Waals surface area contributed by atoms with Gasteiger partial charge in [0.2, 0.25) is 0 Å². The predicted octanol–water partition coefficient (Wildman–Crippen LogP) is 3.13. The Bertz CT molecular complexity index is 352. The van der Waals surface area contributed by atoms with Crippen molar-refractivity contribution in [1.29, 1.82) is 0 Å². The molecule has 1 rings (SSSR count). The third-order valence-electron chi connectivity index (χ3n) is 2.46. The number of esters is 1. The van der Waals surface area contributed by atoms with Crippen LogP contribution in [0.5, 0.6) is 0 Å². The third kappa shape index (κ3) is 3.89. The predicted molar refractivity (Wildman–Crippen MR) is 65.2 cm³/mol. The Balaban J connectivity index is 2.34. The van der Waals surface area contributed by atoms with Gasteiger partial charge in [0.1, 0.15) is 0 Å². The van der Waals surface area contributed by atoms with Gasteiger partial charge in [-0.25, -0.2) is 4.79 Å². The quantitative estimate of drug-likeness (QED) is 0.560. The van der Waals surface area contributed by atoms with Crippen LogP contribution in [0.1, 0.15) is 25.8 Å². The zero-order chi connectivity index (χ0) is 11.8. The van der Waals surface area contributed by atoms with Crippen LogP contribution in [-0.2, 0) is 16.0 Å². The molecule has 0 N–H and O–H groups in total. The number of carbonyl (C=O) groups is 1. The van der Waals surface area contributed by atoms with Crippen molar-refractivity contribution in [2.24, 2.45) is 0 Å². The summed E-state index contributed by atoms with van der Waals surface area (Å²) in [5, 5.41) is 0. The number of allylic oxidation sites excluding steroid dienone is 1. The highest BCUT2D eigenvalue weighted by atomic mass is 16.5. The van der Waals surface area contributed by atoms with Crippen molar-refractivity contribution in [2.45, 2.75) is 26.7 Å². The molecule has 0 aliphatic heterocycles. The van der Waals surface area contributed by atoms with E-state index in [0.717, 1.165) is 18.4 Å². The lowest BCUT2D eigenvalue weighted by Gasteiger charge is -2.06. The fourth-order valence-corrected chi connectivity index (χ4v) is 1.47. The minimum atomic E-state index is -0.194. The zero-order valence-corrected chi connectivity index (χ0v) is 9.90. The van der Waals surface area contributed by atoms with E-state index >= 15 is 0 Å². The van der Waals surface area contributed by atoms with Crippen molar-refractivity contribution in [3.63, 3.8) is 0 Å². The van der Waals surface area contributed by atoms with Crippen molar-refractivity contribution < 1.29 is 9.53 Å². The van der Waals surface area contributed by atoms with Gasteiger partial charge in [-0.3, -0.25) is 0 Å². The number of rotatable bonds is 5. The van der Waals surface area contributed by atoms with Gasteiger partial charge in [0.25, 0.3) is 0 Å². The van der Waals surface area contributed by atoms with E-state index in [2.05, 4.69) is 0 Å². The van der Waals surface area contributed by atoms with Gasteiger partial charge in [-0.05, 0) is 18.9 Å². The maximum absolute atomic E-state index is 11.5. The van der Waals surface area contributed by atoms with E-state index < -0.39 is 0 Å². The normalized spacial score (nSPS) is 11.2. The van der Waals surface area contributed by atoms with Crippen molar-refractivity contribution in [1.82, 2.24) is 0 Å². The summed E-state index contributed by atoms with van der Waals surface area (Å²) in [7, 11) is 0. The summed E-state index contributed by atoms with van der Waals surface area (Å²) >= 11 is 0.